The average molecular weight is 341 g/mol. The van der Waals surface area contributed by atoms with Crippen molar-refractivity contribution >= 4 is 11.9 Å². The van der Waals surface area contributed by atoms with Crippen molar-refractivity contribution in [1.82, 2.24) is 25.0 Å². The molecule has 3 amide bonds. The molecule has 7 nitrogen and oxygen atoms in total. The van der Waals surface area contributed by atoms with Gasteiger partial charge in [0, 0.05) is 25.1 Å². The van der Waals surface area contributed by atoms with E-state index in [-0.39, 0.29) is 29.8 Å². The van der Waals surface area contributed by atoms with Crippen LogP contribution >= 0.6 is 0 Å². The van der Waals surface area contributed by atoms with Crippen molar-refractivity contribution in [2.24, 2.45) is 11.3 Å². The summed E-state index contributed by atoms with van der Waals surface area (Å²) in [5.41, 5.74) is 0.859. The van der Waals surface area contributed by atoms with Gasteiger partial charge in [0.25, 0.3) is 0 Å². The van der Waals surface area contributed by atoms with Gasteiger partial charge in [0.15, 0.2) is 5.82 Å². The minimum Gasteiger partial charge on any atom is -0.337 e. The molecule has 0 bridgehead atoms. The first-order valence-corrected chi connectivity index (χ1v) is 8.38. The third-order valence-electron chi connectivity index (χ3n) is 4.11. The zero-order chi connectivity index (χ0) is 18.0. The molecule has 3 rings (SSSR count). The van der Waals surface area contributed by atoms with Crippen LogP contribution in [0.25, 0.3) is 5.82 Å². The maximum atomic E-state index is 12.8. The summed E-state index contributed by atoms with van der Waals surface area (Å²) in [5, 5.41) is 6.98. The van der Waals surface area contributed by atoms with Crippen molar-refractivity contribution in [3.63, 3.8) is 0 Å². The van der Waals surface area contributed by atoms with Crippen LogP contribution in [0.1, 0.15) is 32.8 Å². The summed E-state index contributed by atoms with van der Waals surface area (Å²) >= 11 is 0. The average Bonchev–Trinajstić information content (AvgIpc) is 3.08. The molecule has 3 heterocycles. The Kier molecular flexibility index (Phi) is 4.57. The normalized spacial score (nSPS) is 18.4. The molecule has 7 heteroatoms. The second-order valence-electron chi connectivity index (χ2n) is 7.55. The predicted molar refractivity (Wildman–Crippen MR) is 92.9 cm³/mol. The van der Waals surface area contributed by atoms with Crippen LogP contribution in [0.4, 0.5) is 4.79 Å². The van der Waals surface area contributed by atoms with Gasteiger partial charge in [0.05, 0.1) is 12.5 Å². The van der Waals surface area contributed by atoms with E-state index in [0.717, 1.165) is 12.0 Å². The maximum Gasteiger partial charge on any atom is 0.324 e. The quantitative estimate of drug-likeness (QED) is 0.926. The highest BCUT2D eigenvalue weighted by atomic mass is 16.2. The topological polar surface area (TPSA) is 80.1 Å². The number of carbonyl (C=O) groups is 2. The zero-order valence-electron chi connectivity index (χ0n) is 14.8. The summed E-state index contributed by atoms with van der Waals surface area (Å²) < 4.78 is 1.64. The molecule has 1 aliphatic rings. The van der Waals surface area contributed by atoms with Gasteiger partial charge in [0.2, 0.25) is 5.91 Å². The van der Waals surface area contributed by atoms with Gasteiger partial charge in [-0.3, -0.25) is 9.69 Å². The Labute approximate surface area is 147 Å². The Bertz CT molecular complexity index is 764. The van der Waals surface area contributed by atoms with E-state index in [1.165, 1.54) is 4.90 Å². The van der Waals surface area contributed by atoms with Crippen LogP contribution in [0.5, 0.6) is 0 Å². The van der Waals surface area contributed by atoms with Crippen molar-refractivity contribution in [2.75, 3.05) is 6.54 Å². The van der Waals surface area contributed by atoms with Crippen LogP contribution in [-0.4, -0.2) is 38.1 Å². The molecule has 2 aromatic heterocycles. The fourth-order valence-corrected chi connectivity index (χ4v) is 3.03. The summed E-state index contributed by atoms with van der Waals surface area (Å²) in [5.74, 6) is 0.347. The lowest BCUT2D eigenvalue weighted by Gasteiger charge is -2.34. The summed E-state index contributed by atoms with van der Waals surface area (Å²) in [7, 11) is 0. The number of aromatic nitrogens is 3. The monoisotopic (exact) mass is 341 g/mol. The van der Waals surface area contributed by atoms with Crippen LogP contribution in [0.15, 0.2) is 36.8 Å². The van der Waals surface area contributed by atoms with Gasteiger partial charge in [-0.15, -0.1) is 0 Å². The van der Waals surface area contributed by atoms with Gasteiger partial charge < -0.3 is 5.32 Å². The number of nitrogens with zero attached hydrogens (tertiary/aromatic N) is 4. The molecule has 1 N–H and O–H groups in total. The van der Waals surface area contributed by atoms with Gasteiger partial charge in [0.1, 0.15) is 0 Å². The minimum atomic E-state index is -0.340. The van der Waals surface area contributed by atoms with E-state index in [1.807, 2.05) is 12.1 Å². The molecule has 132 valence electrons. The number of carbonyl (C=O) groups excluding carboxylic acids is 2. The number of urea groups is 1. The second-order valence-corrected chi connectivity index (χ2v) is 7.55. The molecule has 1 fully saturated rings. The zero-order valence-corrected chi connectivity index (χ0v) is 14.8. The number of nitrogens with one attached hydrogen (secondary N) is 1. The summed E-state index contributed by atoms with van der Waals surface area (Å²) in [6.07, 6.45) is 5.86. The van der Waals surface area contributed by atoms with E-state index in [4.69, 9.17) is 0 Å². The van der Waals surface area contributed by atoms with E-state index in [1.54, 1.807) is 29.3 Å². The van der Waals surface area contributed by atoms with Gasteiger partial charge in [-0.2, -0.15) is 5.10 Å². The minimum absolute atomic E-state index is 0.0258. The first kappa shape index (κ1) is 17.1. The Morgan fingerprint density at radius 2 is 2.08 bits per heavy atom. The lowest BCUT2D eigenvalue weighted by molar-refractivity contribution is -0.135. The lowest BCUT2D eigenvalue weighted by Crippen LogP contribution is -2.54. The maximum absolute atomic E-state index is 12.8. The fourth-order valence-electron chi connectivity index (χ4n) is 3.03. The van der Waals surface area contributed by atoms with Gasteiger partial charge in [-0.25, -0.2) is 14.5 Å². The first-order valence-electron chi connectivity index (χ1n) is 8.38. The number of pyridine rings is 1. The van der Waals surface area contributed by atoms with Crippen LogP contribution < -0.4 is 5.32 Å². The van der Waals surface area contributed by atoms with Crippen LogP contribution in [-0.2, 0) is 11.3 Å². The van der Waals surface area contributed by atoms with Crippen molar-refractivity contribution in [3.8, 4) is 5.82 Å². The summed E-state index contributed by atoms with van der Waals surface area (Å²) in [6, 6.07) is 5.11. The molecule has 0 radical (unpaired) electrons. The van der Waals surface area contributed by atoms with Crippen molar-refractivity contribution in [2.45, 2.75) is 33.7 Å². The van der Waals surface area contributed by atoms with Crippen molar-refractivity contribution in [3.05, 3.63) is 42.4 Å². The van der Waals surface area contributed by atoms with E-state index in [9.17, 15) is 9.59 Å². The van der Waals surface area contributed by atoms with Gasteiger partial charge in [-0.1, -0.05) is 20.8 Å². The Morgan fingerprint density at radius 3 is 2.76 bits per heavy atom. The molecule has 1 atom stereocenters. The number of amides is 3. The number of hydrogen-bond acceptors (Lipinski definition) is 4. The first-order chi connectivity index (χ1) is 11.8. The van der Waals surface area contributed by atoms with Crippen molar-refractivity contribution in [1.29, 1.82) is 0 Å². The Hall–Kier alpha value is -2.70. The molecule has 0 spiro atoms. The summed E-state index contributed by atoms with van der Waals surface area (Å²) in [6.45, 7) is 6.92. The van der Waals surface area contributed by atoms with Gasteiger partial charge >= 0.3 is 6.03 Å². The van der Waals surface area contributed by atoms with Crippen LogP contribution in [0, 0.1) is 11.3 Å². The van der Waals surface area contributed by atoms with E-state index in [0.29, 0.717) is 12.4 Å². The number of hydrogen-bond donors (Lipinski definition) is 1. The predicted octanol–water partition coefficient (Wildman–Crippen LogP) is 2.37. The SMILES string of the molecule is CC(C)(C)CC1CNC(=O)N(Cc2ccnc(-n3cccn3)c2)C1=O. The second kappa shape index (κ2) is 6.66. The third kappa shape index (κ3) is 4.04. The molecule has 0 saturated carbocycles. The van der Waals surface area contributed by atoms with E-state index in [2.05, 4.69) is 36.2 Å². The van der Waals surface area contributed by atoms with Crippen molar-refractivity contribution < 1.29 is 9.59 Å². The molecule has 1 saturated heterocycles. The van der Waals surface area contributed by atoms with Crippen LogP contribution in [0.3, 0.4) is 0 Å². The largest absolute Gasteiger partial charge is 0.337 e. The number of rotatable bonds is 4. The molecule has 1 unspecified atom stereocenters. The Morgan fingerprint density at radius 1 is 1.28 bits per heavy atom. The summed E-state index contributed by atoms with van der Waals surface area (Å²) in [4.78, 5) is 30.5. The highest BCUT2D eigenvalue weighted by molar-refractivity contribution is 5.98. The third-order valence-corrected chi connectivity index (χ3v) is 4.11. The molecular weight excluding hydrogens is 318 g/mol. The fraction of sp³-hybridized carbons (Fsp3) is 0.444. The standard InChI is InChI=1S/C18H23N5O2/c1-18(2,3)10-14-11-20-17(25)22(16(14)24)12-13-5-7-19-15(9-13)23-8-4-6-21-23/h4-9,14H,10-12H2,1-3H3,(H,20,25). The smallest absolute Gasteiger partial charge is 0.324 e. The molecule has 1 aliphatic heterocycles. The van der Waals surface area contributed by atoms with Gasteiger partial charge in [-0.05, 0) is 35.6 Å². The molecule has 0 aromatic carbocycles. The van der Waals surface area contributed by atoms with E-state index < -0.39 is 0 Å². The van der Waals surface area contributed by atoms with Crippen LogP contribution in [0.2, 0.25) is 0 Å². The molecule has 0 aliphatic carbocycles. The molecule has 2 aromatic rings. The number of imide groups is 1. The highest BCUT2D eigenvalue weighted by Gasteiger charge is 2.36. The Balaban J connectivity index is 1.78. The van der Waals surface area contributed by atoms with E-state index >= 15 is 0 Å². The molecule has 25 heavy (non-hydrogen) atoms. The highest BCUT2D eigenvalue weighted by Crippen LogP contribution is 2.27. The lowest BCUT2D eigenvalue weighted by atomic mass is 9.83. The molecular formula is C18H23N5O2.